The molecule has 0 saturated carbocycles. The average molecular weight is 253 g/mol. The normalized spacial score (nSPS) is 11.7. The van der Waals surface area contributed by atoms with E-state index in [9.17, 15) is 0 Å². The number of hydrogen-bond acceptors (Lipinski definition) is 0. The van der Waals surface area contributed by atoms with E-state index in [1.165, 1.54) is 22.9 Å². The van der Waals surface area contributed by atoms with Crippen molar-refractivity contribution in [1.29, 1.82) is 0 Å². The van der Waals surface area contributed by atoms with E-state index in [2.05, 4.69) is 37.2 Å². The summed E-state index contributed by atoms with van der Waals surface area (Å²) in [6, 6.07) is 4.39. The first-order chi connectivity index (χ1) is 5.88. The molecule has 0 radical (unpaired) electrons. The van der Waals surface area contributed by atoms with Crippen LogP contribution < -0.4 is 4.29 Å². The second kappa shape index (κ2) is 5.53. The van der Waals surface area contributed by atoms with Crippen molar-refractivity contribution >= 4 is 4.29 Å². The molecule has 1 N–H and O–H groups in total. The van der Waals surface area contributed by atoms with E-state index in [0.717, 1.165) is 0 Å². The fraction of sp³-hybridized carbons (Fsp3) is 0.600. The zero-order valence-corrected chi connectivity index (χ0v) is 9.65. The van der Waals surface area contributed by atoms with Gasteiger partial charge in [-0.05, 0) is 0 Å². The Balaban J connectivity index is 2.53. The number of H-pyrrole nitrogens is 1. The topological polar surface area (TPSA) is 15.8 Å². The molecule has 0 unspecified atom stereocenters. The van der Waals surface area contributed by atoms with Gasteiger partial charge in [-0.2, -0.15) is 0 Å². The number of aromatic amines is 1. The van der Waals surface area contributed by atoms with Gasteiger partial charge in [0, 0.05) is 0 Å². The number of nitrogens with one attached hydrogen (secondary N) is 1. The second-order valence-corrected chi connectivity index (χ2v) is 7.56. The molecule has 0 bridgehead atoms. The van der Waals surface area contributed by atoms with Crippen LogP contribution in [0.2, 0.25) is 10.0 Å². The van der Waals surface area contributed by atoms with Gasteiger partial charge in [-0.3, -0.25) is 0 Å². The predicted molar refractivity (Wildman–Crippen MR) is 50.6 cm³/mol. The molecule has 1 heterocycles. The van der Waals surface area contributed by atoms with Crippen molar-refractivity contribution in [3.63, 3.8) is 0 Å². The van der Waals surface area contributed by atoms with Crippen LogP contribution in [0.25, 0.3) is 0 Å². The maximum absolute atomic E-state index is 3.37. The number of hydrogen-bond donors (Lipinski definition) is 1. The molecule has 0 aliphatic rings. The Morgan fingerprint density at radius 3 is 2.33 bits per heavy atom. The summed E-state index contributed by atoms with van der Waals surface area (Å²) < 4.78 is 1.56. The quantitative estimate of drug-likeness (QED) is 0.777. The van der Waals surface area contributed by atoms with Gasteiger partial charge in [-0.25, -0.2) is 0 Å². The molecule has 0 fully saturated rings. The van der Waals surface area contributed by atoms with Crippen LogP contribution >= 0.6 is 0 Å². The van der Waals surface area contributed by atoms with Crippen LogP contribution in [0.3, 0.4) is 0 Å². The van der Waals surface area contributed by atoms with Crippen molar-refractivity contribution in [3.8, 4) is 0 Å². The second-order valence-electron chi connectivity index (χ2n) is 2.79. The zero-order valence-electron chi connectivity index (χ0n) is 7.91. The Morgan fingerprint density at radius 1 is 1.25 bits per heavy atom. The molecule has 1 aromatic rings. The molecule has 1 nitrogen and oxygen atoms in total. The Labute approximate surface area is 80.5 Å². The van der Waals surface area contributed by atoms with E-state index in [0.29, 0.717) is 0 Å². The number of rotatable bonds is 5. The van der Waals surface area contributed by atoms with Crippen LogP contribution in [0.4, 0.5) is 0 Å². The van der Waals surface area contributed by atoms with Crippen molar-refractivity contribution in [2.24, 2.45) is 0 Å². The van der Waals surface area contributed by atoms with E-state index >= 15 is 0 Å². The van der Waals surface area contributed by atoms with E-state index in [-0.39, 0.29) is 0 Å². The Hall–Kier alpha value is -0.0966. The van der Waals surface area contributed by atoms with Gasteiger partial charge >= 0.3 is 80.3 Å². The first-order valence-electron chi connectivity index (χ1n) is 4.59. The van der Waals surface area contributed by atoms with Crippen LogP contribution in [0, 0.1) is 0 Å². The first kappa shape index (κ1) is 9.99. The van der Waals surface area contributed by atoms with Crippen molar-refractivity contribution in [1.82, 2.24) is 4.98 Å². The zero-order chi connectivity index (χ0) is 8.81. The third kappa shape index (κ3) is 2.75. The molecule has 0 aliphatic heterocycles. The first-order valence-corrected chi connectivity index (χ1v) is 7.91. The molecule has 71 valence electrons. The van der Waals surface area contributed by atoms with Crippen LogP contribution in [0.5, 0.6) is 0 Å². The summed E-state index contributed by atoms with van der Waals surface area (Å²) in [5.41, 5.74) is 0. The average Bonchev–Trinajstić information content (AvgIpc) is 2.56. The van der Waals surface area contributed by atoms with Crippen molar-refractivity contribution in [3.05, 3.63) is 18.3 Å². The Bertz CT molecular complexity index is 188. The van der Waals surface area contributed by atoms with E-state index in [4.69, 9.17) is 0 Å². The fourth-order valence-corrected chi connectivity index (χ4v) is 5.71. The van der Waals surface area contributed by atoms with Gasteiger partial charge in [0.1, 0.15) is 0 Å². The molecule has 0 aromatic carbocycles. The summed E-state index contributed by atoms with van der Waals surface area (Å²) >= 11 is -0.642. The summed E-state index contributed by atoms with van der Waals surface area (Å²) in [5.74, 6) is 0. The molecule has 2 heteroatoms. The summed E-state index contributed by atoms with van der Waals surface area (Å²) in [6.45, 7) is 4.58. The standard InChI is InChI=1S/C4H4N.2C3H7.Ru/c1-2-4-5-3-1;2*1-3-2;/h1-3,5H;2*1,3H2,2H3;. The molecule has 0 spiro atoms. The van der Waals surface area contributed by atoms with Gasteiger partial charge in [0.2, 0.25) is 0 Å². The molecule has 12 heavy (non-hydrogen) atoms. The van der Waals surface area contributed by atoms with Crippen LogP contribution in [-0.2, 0) is 16.0 Å². The van der Waals surface area contributed by atoms with Gasteiger partial charge in [0.25, 0.3) is 0 Å². The molecule has 0 aliphatic carbocycles. The van der Waals surface area contributed by atoms with Crippen LogP contribution in [0.1, 0.15) is 26.7 Å². The van der Waals surface area contributed by atoms with Gasteiger partial charge in [0.05, 0.1) is 0 Å². The molecular formula is C10H18NRu. The predicted octanol–water partition coefficient (Wildman–Crippen LogP) is 2.91. The van der Waals surface area contributed by atoms with Crippen molar-refractivity contribution in [2.45, 2.75) is 36.7 Å². The summed E-state index contributed by atoms with van der Waals surface area (Å²) in [6.07, 6.45) is 4.75. The molecule has 1 rings (SSSR count). The molecular weight excluding hydrogens is 235 g/mol. The third-order valence-corrected chi connectivity index (χ3v) is 7.30. The van der Waals surface area contributed by atoms with Crippen LogP contribution in [0.15, 0.2) is 18.3 Å². The van der Waals surface area contributed by atoms with Gasteiger partial charge in [-0.15, -0.1) is 0 Å². The molecule has 1 aromatic heterocycles. The summed E-state index contributed by atoms with van der Waals surface area (Å²) in [5, 5.41) is 2.91. The minimum atomic E-state index is -0.642. The fourth-order valence-electron chi connectivity index (χ4n) is 1.17. The number of aromatic nitrogens is 1. The van der Waals surface area contributed by atoms with E-state index in [1.54, 1.807) is 4.29 Å². The van der Waals surface area contributed by atoms with Crippen molar-refractivity contribution < 1.29 is 16.0 Å². The Morgan fingerprint density at radius 2 is 1.92 bits per heavy atom. The third-order valence-electron chi connectivity index (χ3n) is 1.60. The van der Waals surface area contributed by atoms with Gasteiger partial charge in [0.15, 0.2) is 0 Å². The Kier molecular flexibility index (Phi) is 4.60. The van der Waals surface area contributed by atoms with Gasteiger partial charge in [-0.1, -0.05) is 0 Å². The van der Waals surface area contributed by atoms with E-state index < -0.39 is 16.0 Å². The van der Waals surface area contributed by atoms with Crippen LogP contribution in [-0.4, -0.2) is 4.98 Å². The molecule has 0 atom stereocenters. The SMILES string of the molecule is CC[CH2][Ru]([CH2]CC)[c]1ccc[nH]1. The summed E-state index contributed by atoms with van der Waals surface area (Å²) in [7, 11) is 0. The summed E-state index contributed by atoms with van der Waals surface area (Å²) in [4.78, 5) is 3.37. The minimum absolute atomic E-state index is 0.642. The maximum atomic E-state index is 3.37. The monoisotopic (exact) mass is 254 g/mol. The molecule has 0 amide bonds. The van der Waals surface area contributed by atoms with Gasteiger partial charge < -0.3 is 0 Å². The van der Waals surface area contributed by atoms with E-state index in [1.807, 2.05) is 0 Å². The molecule has 0 saturated heterocycles. The van der Waals surface area contributed by atoms with Crippen molar-refractivity contribution in [2.75, 3.05) is 0 Å².